The summed E-state index contributed by atoms with van der Waals surface area (Å²) in [5, 5.41) is 0. The van der Waals surface area contributed by atoms with Gasteiger partial charge in [0.15, 0.2) is 0 Å². The molecule has 0 heterocycles. The van der Waals surface area contributed by atoms with Gasteiger partial charge < -0.3 is 0 Å². The van der Waals surface area contributed by atoms with Crippen LogP contribution in [0.15, 0.2) is 45.8 Å². The maximum absolute atomic E-state index is 9.51. The van der Waals surface area contributed by atoms with Crippen molar-refractivity contribution in [1.29, 1.82) is 0 Å². The summed E-state index contributed by atoms with van der Waals surface area (Å²) in [5.74, 6) is 2.45. The van der Waals surface area contributed by atoms with Crippen molar-refractivity contribution >= 4 is 24.8 Å². The Hall–Kier alpha value is -2.24. The van der Waals surface area contributed by atoms with Crippen molar-refractivity contribution in [1.82, 2.24) is 0 Å². The topological polar surface area (TPSA) is 48.8 Å². The SMILES string of the molecule is CC(C)c1cc(C(C)C)c(-c2cccc(-c3c(C(C)C)cc(C(C)C)cc3C(C)C)c2[Te]N=[N+]=[N-])c(C(C)C)c1. The van der Waals surface area contributed by atoms with Gasteiger partial charge in [-0.3, -0.25) is 0 Å². The predicted molar refractivity (Wildman–Crippen MR) is 176 cm³/mol. The molecule has 40 heavy (non-hydrogen) atoms. The molecule has 0 aromatic heterocycles. The molecule has 0 bridgehead atoms. The molecule has 0 saturated carbocycles. The fourth-order valence-corrected chi connectivity index (χ4v) is 7.49. The minimum absolute atomic E-state index is 0.380. The van der Waals surface area contributed by atoms with Crippen molar-refractivity contribution in [3.05, 3.63) is 86.3 Å². The third kappa shape index (κ3) is 6.79. The van der Waals surface area contributed by atoms with E-state index >= 15 is 0 Å². The second-order valence-electron chi connectivity index (χ2n) is 13.0. The molecule has 0 fully saturated rings. The molecule has 214 valence electrons. The standard InChI is InChI=1S/C36H49N3Te/c1-20(2)26-16-30(22(5)6)34(31(17-26)23(7)8)28-14-13-15-29(36(28)40-39-38-37)35-32(24(9)10)18-27(21(3)4)19-33(35)25(11)12/h13-25H,1-12H3. The average Bonchev–Trinajstić information content (AvgIpc) is 2.89. The first-order valence-corrected chi connectivity index (χ1v) is 17.2. The number of rotatable bonds is 10. The van der Waals surface area contributed by atoms with E-state index < -0.39 is 21.2 Å². The van der Waals surface area contributed by atoms with Gasteiger partial charge in [-0.25, -0.2) is 0 Å². The van der Waals surface area contributed by atoms with Gasteiger partial charge in [-0.05, 0) is 0 Å². The van der Waals surface area contributed by atoms with Gasteiger partial charge >= 0.3 is 255 Å². The average molecular weight is 651 g/mol. The second kappa shape index (κ2) is 13.6. The second-order valence-corrected chi connectivity index (χ2v) is 15.2. The summed E-state index contributed by atoms with van der Waals surface area (Å²) in [5.41, 5.74) is 23.1. The third-order valence-corrected chi connectivity index (χ3v) is 10.2. The minimum atomic E-state index is -1.16. The summed E-state index contributed by atoms with van der Waals surface area (Å²) < 4.78 is 5.57. The van der Waals surface area contributed by atoms with Crippen molar-refractivity contribution < 1.29 is 0 Å². The van der Waals surface area contributed by atoms with E-state index in [-0.39, 0.29) is 0 Å². The van der Waals surface area contributed by atoms with Crippen LogP contribution in [0.4, 0.5) is 0 Å². The molecule has 0 spiro atoms. The normalized spacial score (nSPS) is 11.9. The van der Waals surface area contributed by atoms with Crippen molar-refractivity contribution in [2.45, 2.75) is 119 Å². The zero-order chi connectivity index (χ0) is 29.9. The Bertz CT molecular complexity index is 1240. The van der Waals surface area contributed by atoms with Crippen LogP contribution in [0.25, 0.3) is 32.7 Å². The summed E-state index contributed by atoms with van der Waals surface area (Å²) in [6.07, 6.45) is 0. The first kappa shape index (κ1) is 32.3. The van der Waals surface area contributed by atoms with Crippen LogP contribution in [-0.4, -0.2) is 21.2 Å². The van der Waals surface area contributed by atoms with Crippen LogP contribution in [0.1, 0.15) is 152 Å². The molecule has 3 nitrogen and oxygen atoms in total. The molecule has 3 aromatic carbocycles. The molecule has 0 aliphatic rings. The maximum atomic E-state index is 9.51. The van der Waals surface area contributed by atoms with Gasteiger partial charge in [0.25, 0.3) is 0 Å². The summed E-state index contributed by atoms with van der Waals surface area (Å²) >= 11 is -1.16. The first-order chi connectivity index (χ1) is 18.8. The number of hydrogen-bond acceptors (Lipinski definition) is 1. The number of hydrogen-bond donors (Lipinski definition) is 0. The fraction of sp³-hybridized carbons (Fsp3) is 0.500. The van der Waals surface area contributed by atoms with Gasteiger partial charge in [0.2, 0.25) is 0 Å². The fourth-order valence-electron chi connectivity index (χ4n) is 5.62. The van der Waals surface area contributed by atoms with Crippen LogP contribution in [0.5, 0.6) is 0 Å². The molecular formula is C36H49N3Te. The summed E-state index contributed by atoms with van der Waals surface area (Å²) in [6, 6.07) is 16.5. The van der Waals surface area contributed by atoms with Gasteiger partial charge in [-0.2, -0.15) is 0 Å². The van der Waals surface area contributed by atoms with E-state index in [1.807, 2.05) is 0 Å². The Kier molecular flexibility index (Phi) is 11.0. The van der Waals surface area contributed by atoms with E-state index in [2.05, 4.69) is 134 Å². The van der Waals surface area contributed by atoms with Crippen LogP contribution in [0.3, 0.4) is 0 Å². The Morgan fingerprint density at radius 3 is 1.12 bits per heavy atom. The summed E-state index contributed by atoms with van der Waals surface area (Å²) in [4.78, 5) is 3.29. The van der Waals surface area contributed by atoms with Gasteiger partial charge in [0.05, 0.1) is 0 Å². The zero-order valence-electron chi connectivity index (χ0n) is 26.8. The molecule has 0 N–H and O–H groups in total. The van der Waals surface area contributed by atoms with Gasteiger partial charge in [-0.1, -0.05) is 0 Å². The van der Waals surface area contributed by atoms with Crippen LogP contribution in [0.2, 0.25) is 0 Å². The van der Waals surface area contributed by atoms with E-state index in [1.165, 1.54) is 59.2 Å². The molecule has 0 aliphatic carbocycles. The van der Waals surface area contributed by atoms with Crippen molar-refractivity contribution in [3.63, 3.8) is 0 Å². The van der Waals surface area contributed by atoms with Crippen molar-refractivity contribution in [3.8, 4) is 22.3 Å². The van der Waals surface area contributed by atoms with Crippen molar-refractivity contribution in [2.75, 3.05) is 0 Å². The van der Waals surface area contributed by atoms with E-state index in [4.69, 9.17) is 0 Å². The molecule has 0 radical (unpaired) electrons. The van der Waals surface area contributed by atoms with Crippen LogP contribution >= 0.6 is 0 Å². The molecule has 0 amide bonds. The molecular weight excluding hydrogens is 602 g/mol. The van der Waals surface area contributed by atoms with Gasteiger partial charge in [0, 0.05) is 0 Å². The monoisotopic (exact) mass is 653 g/mol. The molecule has 0 unspecified atom stereocenters. The van der Waals surface area contributed by atoms with E-state index in [1.54, 1.807) is 0 Å². The number of benzene rings is 3. The third-order valence-electron chi connectivity index (χ3n) is 7.99. The quantitative estimate of drug-likeness (QED) is 0.0907. The summed E-state index contributed by atoms with van der Waals surface area (Å²) in [6.45, 7) is 27.6. The number of nitrogens with zero attached hydrogens (tertiary/aromatic N) is 3. The zero-order valence-corrected chi connectivity index (χ0v) is 29.1. The predicted octanol–water partition coefficient (Wildman–Crippen LogP) is 11.3. The van der Waals surface area contributed by atoms with E-state index in [0.717, 1.165) is 0 Å². The van der Waals surface area contributed by atoms with E-state index in [0.29, 0.717) is 35.5 Å². The Balaban J connectivity index is 2.55. The molecule has 0 atom stereocenters. The number of azide groups is 1. The van der Waals surface area contributed by atoms with E-state index in [9.17, 15) is 5.53 Å². The van der Waals surface area contributed by atoms with Crippen LogP contribution in [-0.2, 0) is 0 Å². The van der Waals surface area contributed by atoms with Gasteiger partial charge in [0.1, 0.15) is 0 Å². The Morgan fingerprint density at radius 2 is 0.875 bits per heavy atom. The molecule has 4 heteroatoms. The van der Waals surface area contributed by atoms with Crippen LogP contribution < -0.4 is 3.61 Å². The van der Waals surface area contributed by atoms with Crippen LogP contribution in [0, 0.1) is 0 Å². The first-order valence-electron chi connectivity index (χ1n) is 15.0. The molecule has 3 aromatic rings. The molecule has 0 aliphatic heterocycles. The summed E-state index contributed by atoms with van der Waals surface area (Å²) in [7, 11) is 0. The Morgan fingerprint density at radius 1 is 0.550 bits per heavy atom. The van der Waals surface area contributed by atoms with Crippen molar-refractivity contribution in [2.24, 2.45) is 3.36 Å². The molecule has 3 rings (SSSR count). The molecule has 0 saturated heterocycles. The Labute approximate surface area is 254 Å². The van der Waals surface area contributed by atoms with Gasteiger partial charge in [-0.15, -0.1) is 0 Å².